The van der Waals surface area contributed by atoms with Gasteiger partial charge in [-0.25, -0.2) is 4.98 Å². The van der Waals surface area contributed by atoms with Gasteiger partial charge in [0.1, 0.15) is 18.0 Å². The number of carbonyl (C=O) groups is 1. The standard InChI is InChI=1S/C23H25N3O3/c1-16-11-12-26-21(13-16)24-18(14-22(26)27)15-29-20-10-6-5-9-19(20)25-23(28)17-7-3-2-4-8-17/h5-6,9-14,17H,2-4,7-8,15H2,1H3,(H,25,28). The second kappa shape index (κ2) is 8.47. The molecule has 150 valence electrons. The third-order valence-corrected chi connectivity index (χ3v) is 5.37. The van der Waals surface area contributed by atoms with Gasteiger partial charge in [0.2, 0.25) is 5.91 Å². The van der Waals surface area contributed by atoms with Crippen LogP contribution in [0.2, 0.25) is 0 Å². The van der Waals surface area contributed by atoms with E-state index in [9.17, 15) is 9.59 Å². The number of anilines is 1. The third kappa shape index (κ3) is 4.47. The normalized spacial score (nSPS) is 14.7. The maximum absolute atomic E-state index is 12.6. The molecule has 1 aliphatic rings. The van der Waals surface area contributed by atoms with E-state index in [0.717, 1.165) is 31.2 Å². The third-order valence-electron chi connectivity index (χ3n) is 5.37. The Morgan fingerprint density at radius 1 is 1.17 bits per heavy atom. The van der Waals surface area contributed by atoms with Crippen molar-refractivity contribution in [3.05, 3.63) is 70.3 Å². The van der Waals surface area contributed by atoms with Crippen LogP contribution in [0.4, 0.5) is 5.69 Å². The first-order chi connectivity index (χ1) is 14.1. The van der Waals surface area contributed by atoms with Crippen LogP contribution in [0.25, 0.3) is 5.65 Å². The Kier molecular flexibility index (Phi) is 5.60. The first-order valence-electron chi connectivity index (χ1n) is 10.1. The molecule has 0 atom stereocenters. The van der Waals surface area contributed by atoms with E-state index in [2.05, 4.69) is 10.3 Å². The van der Waals surface area contributed by atoms with Gasteiger partial charge in [-0.15, -0.1) is 0 Å². The molecule has 1 aromatic carbocycles. The number of amides is 1. The summed E-state index contributed by atoms with van der Waals surface area (Å²) in [5, 5.41) is 3.01. The number of pyridine rings is 1. The highest BCUT2D eigenvalue weighted by Gasteiger charge is 2.22. The number of nitrogens with one attached hydrogen (secondary N) is 1. The van der Waals surface area contributed by atoms with E-state index in [-0.39, 0.29) is 24.0 Å². The number of aromatic nitrogens is 2. The molecule has 1 amide bonds. The molecule has 3 aromatic rings. The summed E-state index contributed by atoms with van der Waals surface area (Å²) < 4.78 is 7.43. The van der Waals surface area contributed by atoms with E-state index < -0.39 is 0 Å². The molecular weight excluding hydrogens is 366 g/mol. The van der Waals surface area contributed by atoms with Gasteiger partial charge in [-0.05, 0) is 49.6 Å². The molecule has 2 heterocycles. The maximum atomic E-state index is 12.6. The zero-order valence-corrected chi connectivity index (χ0v) is 16.6. The van der Waals surface area contributed by atoms with Gasteiger partial charge in [-0.2, -0.15) is 0 Å². The topological polar surface area (TPSA) is 72.7 Å². The van der Waals surface area contributed by atoms with Crippen LogP contribution >= 0.6 is 0 Å². The highest BCUT2D eigenvalue weighted by molar-refractivity contribution is 5.94. The van der Waals surface area contributed by atoms with Gasteiger partial charge >= 0.3 is 0 Å². The fraction of sp³-hybridized carbons (Fsp3) is 0.348. The SMILES string of the molecule is Cc1ccn2c(=O)cc(COc3ccccc3NC(=O)C3CCCCC3)nc2c1. The molecule has 0 spiro atoms. The Bertz CT molecular complexity index is 1080. The number of rotatable bonds is 5. The number of hydrogen-bond donors (Lipinski definition) is 1. The van der Waals surface area contributed by atoms with Crippen molar-refractivity contribution in [2.24, 2.45) is 5.92 Å². The number of aryl methyl sites for hydroxylation is 1. The van der Waals surface area contributed by atoms with Crippen molar-refractivity contribution in [2.45, 2.75) is 45.6 Å². The highest BCUT2D eigenvalue weighted by Crippen LogP contribution is 2.28. The van der Waals surface area contributed by atoms with Gasteiger partial charge < -0.3 is 10.1 Å². The van der Waals surface area contributed by atoms with Crippen LogP contribution in [-0.2, 0) is 11.4 Å². The molecule has 2 aromatic heterocycles. The van der Waals surface area contributed by atoms with E-state index in [1.165, 1.54) is 16.9 Å². The predicted molar refractivity (Wildman–Crippen MR) is 112 cm³/mol. The monoisotopic (exact) mass is 391 g/mol. The lowest BCUT2D eigenvalue weighted by atomic mass is 9.88. The van der Waals surface area contributed by atoms with Crippen molar-refractivity contribution in [1.29, 1.82) is 0 Å². The molecule has 1 fully saturated rings. The van der Waals surface area contributed by atoms with Crippen molar-refractivity contribution in [2.75, 3.05) is 5.32 Å². The predicted octanol–water partition coefficient (Wildman–Crippen LogP) is 4.10. The largest absolute Gasteiger partial charge is 0.485 e. The van der Waals surface area contributed by atoms with Crippen LogP contribution in [0.5, 0.6) is 5.75 Å². The first kappa shape index (κ1) is 19.2. The molecule has 1 aliphatic carbocycles. The van der Waals surface area contributed by atoms with E-state index in [1.54, 1.807) is 6.20 Å². The fourth-order valence-electron chi connectivity index (χ4n) is 3.77. The summed E-state index contributed by atoms with van der Waals surface area (Å²) in [5.74, 6) is 0.698. The Morgan fingerprint density at radius 2 is 1.97 bits per heavy atom. The van der Waals surface area contributed by atoms with Crippen molar-refractivity contribution in [3.8, 4) is 5.75 Å². The number of ether oxygens (including phenoxy) is 1. The minimum absolute atomic E-state index is 0.0540. The molecule has 6 nitrogen and oxygen atoms in total. The summed E-state index contributed by atoms with van der Waals surface area (Å²) in [6.45, 7) is 2.11. The summed E-state index contributed by atoms with van der Waals surface area (Å²) in [6, 6.07) is 12.6. The quantitative estimate of drug-likeness (QED) is 0.711. The average Bonchev–Trinajstić information content (AvgIpc) is 2.73. The summed E-state index contributed by atoms with van der Waals surface area (Å²) in [5.41, 5.74) is 2.68. The zero-order chi connectivity index (χ0) is 20.2. The number of benzene rings is 1. The molecule has 0 unspecified atom stereocenters. The van der Waals surface area contributed by atoms with Gasteiger partial charge in [-0.1, -0.05) is 31.4 Å². The van der Waals surface area contributed by atoms with Crippen LogP contribution in [0, 0.1) is 12.8 Å². The second-order valence-electron chi connectivity index (χ2n) is 7.63. The molecule has 4 rings (SSSR count). The number of fused-ring (bicyclic) bond motifs is 1. The Hall–Kier alpha value is -3.15. The molecule has 0 saturated heterocycles. The summed E-state index contributed by atoms with van der Waals surface area (Å²) in [4.78, 5) is 29.4. The van der Waals surface area contributed by atoms with E-state index in [0.29, 0.717) is 22.8 Å². The lowest BCUT2D eigenvalue weighted by molar-refractivity contribution is -0.120. The average molecular weight is 391 g/mol. The summed E-state index contributed by atoms with van der Waals surface area (Å²) >= 11 is 0. The van der Waals surface area contributed by atoms with E-state index in [1.807, 2.05) is 43.3 Å². The Morgan fingerprint density at radius 3 is 2.79 bits per heavy atom. The van der Waals surface area contributed by atoms with Gasteiger partial charge in [0, 0.05) is 18.2 Å². The number of hydrogen-bond acceptors (Lipinski definition) is 4. The lowest BCUT2D eigenvalue weighted by Crippen LogP contribution is -2.25. The van der Waals surface area contributed by atoms with Gasteiger partial charge in [0.05, 0.1) is 11.4 Å². The Labute approximate surface area is 169 Å². The maximum Gasteiger partial charge on any atom is 0.258 e. The molecular formula is C23H25N3O3. The number of carbonyl (C=O) groups excluding carboxylic acids is 1. The highest BCUT2D eigenvalue weighted by atomic mass is 16.5. The first-order valence-corrected chi connectivity index (χ1v) is 10.1. The van der Waals surface area contributed by atoms with Gasteiger partial charge in [-0.3, -0.25) is 14.0 Å². The Balaban J connectivity index is 1.49. The van der Waals surface area contributed by atoms with Crippen LogP contribution in [-0.4, -0.2) is 15.3 Å². The fourth-order valence-corrected chi connectivity index (χ4v) is 3.77. The van der Waals surface area contributed by atoms with Crippen LogP contribution in [0.1, 0.15) is 43.4 Å². The molecule has 1 N–H and O–H groups in total. The van der Waals surface area contributed by atoms with Gasteiger partial charge in [0.25, 0.3) is 5.56 Å². The molecule has 0 bridgehead atoms. The molecule has 0 radical (unpaired) electrons. The van der Waals surface area contributed by atoms with Crippen molar-refractivity contribution >= 4 is 17.2 Å². The van der Waals surface area contributed by atoms with E-state index >= 15 is 0 Å². The molecule has 6 heteroatoms. The van der Waals surface area contributed by atoms with Crippen molar-refractivity contribution < 1.29 is 9.53 Å². The number of para-hydroxylation sites is 2. The van der Waals surface area contributed by atoms with Crippen LogP contribution < -0.4 is 15.6 Å². The zero-order valence-electron chi connectivity index (χ0n) is 16.6. The van der Waals surface area contributed by atoms with Crippen molar-refractivity contribution in [1.82, 2.24) is 9.38 Å². The molecule has 1 saturated carbocycles. The van der Waals surface area contributed by atoms with Gasteiger partial charge in [0.15, 0.2) is 0 Å². The van der Waals surface area contributed by atoms with Crippen molar-refractivity contribution in [3.63, 3.8) is 0 Å². The minimum atomic E-state index is -0.146. The smallest absolute Gasteiger partial charge is 0.258 e. The summed E-state index contributed by atoms with van der Waals surface area (Å²) in [6.07, 6.45) is 7.04. The lowest BCUT2D eigenvalue weighted by Gasteiger charge is -2.21. The molecule has 29 heavy (non-hydrogen) atoms. The minimum Gasteiger partial charge on any atom is -0.485 e. The second-order valence-corrected chi connectivity index (χ2v) is 7.63. The van der Waals surface area contributed by atoms with E-state index in [4.69, 9.17) is 4.74 Å². The summed E-state index contributed by atoms with van der Waals surface area (Å²) in [7, 11) is 0. The van der Waals surface area contributed by atoms with Crippen LogP contribution in [0.3, 0.4) is 0 Å². The van der Waals surface area contributed by atoms with Crippen LogP contribution in [0.15, 0.2) is 53.5 Å². The molecule has 0 aliphatic heterocycles. The number of nitrogens with zero attached hydrogens (tertiary/aromatic N) is 2.